The number of carbonyl (C=O) groups excluding carboxylic acids is 1. The van der Waals surface area contributed by atoms with Crippen molar-refractivity contribution < 1.29 is 19.4 Å². The molecule has 2 aromatic carbocycles. The van der Waals surface area contributed by atoms with Crippen molar-refractivity contribution in [3.05, 3.63) is 76.9 Å². The molecule has 27 heavy (non-hydrogen) atoms. The molecule has 1 aliphatic heterocycles. The zero-order valence-corrected chi connectivity index (χ0v) is 15.0. The molecular formula is C22H21NO4. The Morgan fingerprint density at radius 1 is 1.19 bits per heavy atom. The lowest BCUT2D eigenvalue weighted by Gasteiger charge is -2.38. The second-order valence-electron chi connectivity index (χ2n) is 6.89. The Labute approximate surface area is 157 Å². The lowest BCUT2D eigenvalue weighted by molar-refractivity contribution is 0.0526. The van der Waals surface area contributed by atoms with E-state index in [1.54, 1.807) is 25.1 Å². The molecule has 0 fully saturated rings. The number of hydrogen-bond donors (Lipinski definition) is 2. The average Bonchev–Trinajstić information content (AvgIpc) is 3.17. The van der Waals surface area contributed by atoms with E-state index in [1.807, 2.05) is 18.2 Å². The number of benzene rings is 2. The Kier molecular flexibility index (Phi) is 4.44. The molecule has 1 aliphatic carbocycles. The number of allylic oxidation sites excluding steroid dienone is 2. The fraction of sp³-hybridized carbons (Fsp3) is 0.273. The third-order valence-corrected chi connectivity index (χ3v) is 5.41. The van der Waals surface area contributed by atoms with E-state index in [-0.39, 0.29) is 23.5 Å². The zero-order chi connectivity index (χ0) is 19.0. The predicted octanol–water partition coefficient (Wildman–Crippen LogP) is 4.39. The van der Waals surface area contributed by atoms with E-state index in [2.05, 4.69) is 23.5 Å². The van der Waals surface area contributed by atoms with Crippen molar-refractivity contribution in [2.45, 2.75) is 25.3 Å². The summed E-state index contributed by atoms with van der Waals surface area (Å²) in [6.45, 7) is 2.12. The standard InChI is InChI=1S/C22H21NO4/c1-2-27-22(26)18-8-4-7-17-15-5-3-6-16(15)19(23-20(17)18)13-9-11-14(12-10-13)21(24)25/h3-5,7-12,15-16,19,23H,2,6H2,1H3,(H,24,25)/t15-,16-,19-/m1/s1. The van der Waals surface area contributed by atoms with Gasteiger partial charge in [0.05, 0.1) is 29.5 Å². The summed E-state index contributed by atoms with van der Waals surface area (Å²) in [5.41, 5.74) is 3.75. The van der Waals surface area contributed by atoms with Gasteiger partial charge in [-0.1, -0.05) is 36.4 Å². The number of ether oxygens (including phenoxy) is 1. The van der Waals surface area contributed by atoms with Crippen LogP contribution in [0.5, 0.6) is 0 Å². The molecule has 0 aromatic heterocycles. The molecule has 1 heterocycles. The van der Waals surface area contributed by atoms with Gasteiger partial charge in [0.2, 0.25) is 0 Å². The van der Waals surface area contributed by atoms with E-state index in [0.29, 0.717) is 18.1 Å². The highest BCUT2D eigenvalue weighted by atomic mass is 16.5. The second kappa shape index (κ2) is 6.91. The minimum absolute atomic E-state index is 0.00378. The predicted molar refractivity (Wildman–Crippen MR) is 102 cm³/mol. The second-order valence-corrected chi connectivity index (χ2v) is 6.89. The summed E-state index contributed by atoms with van der Waals surface area (Å²) in [6.07, 6.45) is 5.33. The molecule has 4 rings (SSSR count). The van der Waals surface area contributed by atoms with Crippen LogP contribution in [-0.4, -0.2) is 23.7 Å². The molecule has 0 unspecified atom stereocenters. The number of para-hydroxylation sites is 1. The molecule has 2 aliphatic rings. The number of carboxylic acid groups (broad SMARTS) is 1. The van der Waals surface area contributed by atoms with E-state index in [9.17, 15) is 9.59 Å². The third kappa shape index (κ3) is 2.99. The topological polar surface area (TPSA) is 75.6 Å². The molecule has 0 amide bonds. The largest absolute Gasteiger partial charge is 0.478 e. The third-order valence-electron chi connectivity index (χ3n) is 5.41. The first-order valence-electron chi connectivity index (χ1n) is 9.16. The first-order chi connectivity index (χ1) is 13.1. The van der Waals surface area contributed by atoms with E-state index in [0.717, 1.165) is 23.2 Å². The summed E-state index contributed by atoms with van der Waals surface area (Å²) in [5, 5.41) is 12.7. The monoisotopic (exact) mass is 363 g/mol. The molecule has 3 atom stereocenters. The number of nitrogens with one attached hydrogen (secondary N) is 1. The van der Waals surface area contributed by atoms with Crippen molar-refractivity contribution in [1.82, 2.24) is 0 Å². The van der Waals surface area contributed by atoms with E-state index >= 15 is 0 Å². The van der Waals surface area contributed by atoms with Crippen molar-refractivity contribution in [3.8, 4) is 0 Å². The number of aromatic carboxylic acids is 1. The molecular weight excluding hydrogens is 342 g/mol. The van der Waals surface area contributed by atoms with Crippen molar-refractivity contribution in [1.29, 1.82) is 0 Å². The minimum atomic E-state index is -0.937. The van der Waals surface area contributed by atoms with Gasteiger partial charge in [0.25, 0.3) is 0 Å². The van der Waals surface area contributed by atoms with Gasteiger partial charge in [-0.05, 0) is 48.6 Å². The normalized spacial score (nSPS) is 22.5. The number of anilines is 1. The van der Waals surface area contributed by atoms with Crippen LogP contribution in [0, 0.1) is 5.92 Å². The van der Waals surface area contributed by atoms with Gasteiger partial charge < -0.3 is 15.2 Å². The minimum Gasteiger partial charge on any atom is -0.478 e. The zero-order valence-electron chi connectivity index (χ0n) is 15.0. The molecule has 138 valence electrons. The van der Waals surface area contributed by atoms with Gasteiger partial charge in [-0.25, -0.2) is 9.59 Å². The fourth-order valence-electron chi connectivity index (χ4n) is 4.16. The van der Waals surface area contributed by atoms with Gasteiger partial charge >= 0.3 is 11.9 Å². The van der Waals surface area contributed by atoms with Crippen LogP contribution < -0.4 is 5.32 Å². The van der Waals surface area contributed by atoms with Crippen LogP contribution in [0.3, 0.4) is 0 Å². The summed E-state index contributed by atoms with van der Waals surface area (Å²) < 4.78 is 5.23. The van der Waals surface area contributed by atoms with Crippen LogP contribution in [0.1, 0.15) is 57.1 Å². The van der Waals surface area contributed by atoms with Crippen LogP contribution in [0.2, 0.25) is 0 Å². The molecule has 5 nitrogen and oxygen atoms in total. The first-order valence-corrected chi connectivity index (χ1v) is 9.16. The van der Waals surface area contributed by atoms with Crippen molar-refractivity contribution in [2.75, 3.05) is 11.9 Å². The van der Waals surface area contributed by atoms with Gasteiger partial charge in [-0.3, -0.25) is 0 Å². The maximum Gasteiger partial charge on any atom is 0.340 e. The Balaban J connectivity index is 1.75. The summed E-state index contributed by atoms with van der Waals surface area (Å²) in [4.78, 5) is 23.6. The van der Waals surface area contributed by atoms with Crippen LogP contribution in [0.4, 0.5) is 5.69 Å². The highest BCUT2D eigenvalue weighted by Crippen LogP contribution is 2.50. The summed E-state index contributed by atoms with van der Waals surface area (Å²) >= 11 is 0. The molecule has 0 radical (unpaired) electrons. The SMILES string of the molecule is CCOC(=O)c1cccc2c1N[C@H](c1ccc(C(=O)O)cc1)[C@@H]1CC=C[C@@H]21. The van der Waals surface area contributed by atoms with E-state index in [1.165, 1.54) is 0 Å². The number of carbonyl (C=O) groups is 2. The Hall–Kier alpha value is -3.08. The highest BCUT2D eigenvalue weighted by Gasteiger charge is 2.39. The molecule has 5 heteroatoms. The van der Waals surface area contributed by atoms with Crippen LogP contribution in [0.25, 0.3) is 0 Å². The van der Waals surface area contributed by atoms with Gasteiger partial charge in [0.1, 0.15) is 0 Å². The average molecular weight is 363 g/mol. The van der Waals surface area contributed by atoms with E-state index in [4.69, 9.17) is 9.84 Å². The lowest BCUT2D eigenvalue weighted by Crippen LogP contribution is -2.30. The molecule has 0 saturated carbocycles. The number of esters is 1. The van der Waals surface area contributed by atoms with E-state index < -0.39 is 5.97 Å². The van der Waals surface area contributed by atoms with Gasteiger partial charge in [-0.15, -0.1) is 0 Å². The Bertz CT molecular complexity index is 916. The summed E-state index contributed by atoms with van der Waals surface area (Å²) in [5.74, 6) is -0.721. The number of fused-ring (bicyclic) bond motifs is 3. The van der Waals surface area contributed by atoms with Crippen LogP contribution >= 0.6 is 0 Å². The molecule has 0 spiro atoms. The smallest absolute Gasteiger partial charge is 0.340 e. The summed E-state index contributed by atoms with van der Waals surface area (Å²) in [7, 11) is 0. The Morgan fingerprint density at radius 3 is 2.67 bits per heavy atom. The van der Waals surface area contributed by atoms with Crippen molar-refractivity contribution >= 4 is 17.6 Å². The maximum atomic E-state index is 12.4. The van der Waals surface area contributed by atoms with Gasteiger partial charge in [0, 0.05) is 5.92 Å². The fourth-order valence-corrected chi connectivity index (χ4v) is 4.16. The molecule has 2 aromatic rings. The summed E-state index contributed by atoms with van der Waals surface area (Å²) in [6, 6.07) is 12.7. The van der Waals surface area contributed by atoms with Crippen molar-refractivity contribution in [3.63, 3.8) is 0 Å². The van der Waals surface area contributed by atoms with Crippen LogP contribution in [-0.2, 0) is 4.74 Å². The molecule has 0 bridgehead atoms. The maximum absolute atomic E-state index is 12.4. The number of hydrogen-bond acceptors (Lipinski definition) is 4. The van der Waals surface area contributed by atoms with Crippen molar-refractivity contribution in [2.24, 2.45) is 5.92 Å². The quantitative estimate of drug-likeness (QED) is 0.622. The number of carboxylic acids is 1. The number of rotatable bonds is 4. The lowest BCUT2D eigenvalue weighted by atomic mass is 9.76. The highest BCUT2D eigenvalue weighted by molar-refractivity contribution is 5.97. The molecule has 0 saturated heterocycles. The molecule has 2 N–H and O–H groups in total. The van der Waals surface area contributed by atoms with Crippen LogP contribution in [0.15, 0.2) is 54.6 Å². The Morgan fingerprint density at radius 2 is 1.96 bits per heavy atom. The van der Waals surface area contributed by atoms with Gasteiger partial charge in [0.15, 0.2) is 0 Å². The first kappa shape index (κ1) is 17.3. The van der Waals surface area contributed by atoms with Gasteiger partial charge in [-0.2, -0.15) is 0 Å².